The molecule has 78 valence electrons. The molecule has 2 heterocycles. The molecule has 1 N–H and O–H groups in total. The highest BCUT2D eigenvalue weighted by Gasteiger charge is 2.20. The summed E-state index contributed by atoms with van der Waals surface area (Å²) in [7, 11) is 2.05. The lowest BCUT2D eigenvalue weighted by Gasteiger charge is -2.24. The molecule has 0 aliphatic carbocycles. The van der Waals surface area contributed by atoms with E-state index in [9.17, 15) is 0 Å². The van der Waals surface area contributed by atoms with Crippen molar-refractivity contribution >= 4 is 0 Å². The molecule has 3 nitrogen and oxygen atoms in total. The van der Waals surface area contributed by atoms with Crippen molar-refractivity contribution < 1.29 is 0 Å². The largest absolute Gasteiger partial charge is 0.309 e. The van der Waals surface area contributed by atoms with Gasteiger partial charge in [-0.1, -0.05) is 13.3 Å². The molecule has 1 aliphatic rings. The number of nitrogens with zero attached hydrogens (tertiary/aromatic N) is 2. The number of rotatable bonds is 2. The van der Waals surface area contributed by atoms with Crippen LogP contribution in [0.2, 0.25) is 0 Å². The van der Waals surface area contributed by atoms with Gasteiger partial charge in [0, 0.05) is 13.1 Å². The second-order valence-corrected chi connectivity index (χ2v) is 4.03. The van der Waals surface area contributed by atoms with Crippen LogP contribution in [-0.4, -0.2) is 16.3 Å². The first-order chi connectivity index (χ1) is 6.83. The van der Waals surface area contributed by atoms with Crippen LogP contribution in [0, 0.1) is 0 Å². The van der Waals surface area contributed by atoms with Crippen molar-refractivity contribution in [2.75, 3.05) is 6.54 Å². The molecule has 1 aromatic heterocycles. The van der Waals surface area contributed by atoms with Gasteiger partial charge in [-0.15, -0.1) is 0 Å². The predicted molar refractivity (Wildman–Crippen MR) is 57.2 cm³/mol. The highest BCUT2D eigenvalue weighted by molar-refractivity contribution is 5.21. The lowest BCUT2D eigenvalue weighted by atomic mass is 9.98. The molecule has 3 heteroatoms. The van der Waals surface area contributed by atoms with Crippen molar-refractivity contribution in [1.82, 2.24) is 15.1 Å². The van der Waals surface area contributed by atoms with Gasteiger partial charge in [-0.3, -0.25) is 4.68 Å². The first-order valence-electron chi connectivity index (χ1n) is 5.57. The van der Waals surface area contributed by atoms with E-state index in [1.54, 1.807) is 0 Å². The second kappa shape index (κ2) is 4.13. The van der Waals surface area contributed by atoms with Crippen LogP contribution in [0.15, 0.2) is 6.20 Å². The molecule has 14 heavy (non-hydrogen) atoms. The van der Waals surface area contributed by atoms with Crippen molar-refractivity contribution in [2.45, 2.75) is 38.6 Å². The van der Waals surface area contributed by atoms with E-state index in [4.69, 9.17) is 0 Å². The fourth-order valence-electron chi connectivity index (χ4n) is 2.30. The summed E-state index contributed by atoms with van der Waals surface area (Å²) < 4.78 is 2.03. The van der Waals surface area contributed by atoms with Crippen LogP contribution in [-0.2, 0) is 13.5 Å². The van der Waals surface area contributed by atoms with Crippen molar-refractivity contribution in [3.8, 4) is 0 Å². The smallest absolute Gasteiger partial charge is 0.0582 e. The minimum Gasteiger partial charge on any atom is -0.309 e. The van der Waals surface area contributed by atoms with Gasteiger partial charge in [0.2, 0.25) is 0 Å². The highest BCUT2D eigenvalue weighted by Crippen LogP contribution is 2.25. The van der Waals surface area contributed by atoms with Gasteiger partial charge in [0.15, 0.2) is 0 Å². The topological polar surface area (TPSA) is 29.9 Å². The lowest BCUT2D eigenvalue weighted by Crippen LogP contribution is -2.29. The molecule has 1 saturated heterocycles. The zero-order valence-corrected chi connectivity index (χ0v) is 9.08. The molecule has 0 bridgehead atoms. The molecule has 1 fully saturated rings. The summed E-state index contributed by atoms with van der Waals surface area (Å²) in [5.74, 6) is 0. The molecule has 0 radical (unpaired) electrons. The molecule has 1 atom stereocenters. The van der Waals surface area contributed by atoms with Crippen molar-refractivity contribution in [3.63, 3.8) is 0 Å². The Kier molecular flexibility index (Phi) is 2.87. The fraction of sp³-hybridized carbons (Fsp3) is 0.727. The number of hydrogen-bond donors (Lipinski definition) is 1. The Hall–Kier alpha value is -0.830. The van der Waals surface area contributed by atoms with E-state index in [2.05, 4.69) is 17.3 Å². The molecule has 0 saturated carbocycles. The Labute approximate surface area is 85.5 Å². The van der Waals surface area contributed by atoms with E-state index in [0.717, 1.165) is 13.0 Å². The Morgan fingerprint density at radius 2 is 2.43 bits per heavy atom. The fourth-order valence-corrected chi connectivity index (χ4v) is 2.30. The standard InChI is InChI=1S/C11H19N3/c1-3-9-8-13-14(2)11(9)10-6-4-5-7-12-10/h8,10,12H,3-7H2,1-2H3. The maximum atomic E-state index is 4.34. The zero-order valence-electron chi connectivity index (χ0n) is 9.08. The zero-order chi connectivity index (χ0) is 9.97. The SMILES string of the molecule is CCc1cnn(C)c1C1CCCCN1. The molecular formula is C11H19N3. The van der Waals surface area contributed by atoms with Crippen LogP contribution in [0.25, 0.3) is 0 Å². The lowest BCUT2D eigenvalue weighted by molar-refractivity contribution is 0.392. The average molecular weight is 193 g/mol. The van der Waals surface area contributed by atoms with Crippen molar-refractivity contribution in [2.24, 2.45) is 7.05 Å². The van der Waals surface area contributed by atoms with E-state index < -0.39 is 0 Å². The second-order valence-electron chi connectivity index (χ2n) is 4.03. The van der Waals surface area contributed by atoms with Gasteiger partial charge in [0.05, 0.1) is 11.9 Å². The van der Waals surface area contributed by atoms with Crippen LogP contribution in [0.3, 0.4) is 0 Å². The van der Waals surface area contributed by atoms with Gasteiger partial charge in [0.1, 0.15) is 0 Å². The summed E-state index contributed by atoms with van der Waals surface area (Å²) >= 11 is 0. The van der Waals surface area contributed by atoms with Gasteiger partial charge < -0.3 is 5.32 Å². The van der Waals surface area contributed by atoms with Crippen LogP contribution in [0.4, 0.5) is 0 Å². The Bertz CT molecular complexity index is 297. The van der Waals surface area contributed by atoms with Crippen LogP contribution in [0.5, 0.6) is 0 Å². The summed E-state index contributed by atoms with van der Waals surface area (Å²) in [6.45, 7) is 3.35. The molecule has 0 aromatic carbocycles. The number of hydrogen-bond acceptors (Lipinski definition) is 2. The minimum atomic E-state index is 0.534. The quantitative estimate of drug-likeness (QED) is 0.776. The van der Waals surface area contributed by atoms with Gasteiger partial charge in [-0.05, 0) is 31.4 Å². The molecule has 1 aromatic rings. The van der Waals surface area contributed by atoms with Crippen LogP contribution < -0.4 is 5.32 Å². The third kappa shape index (κ3) is 1.69. The maximum absolute atomic E-state index is 4.34. The minimum absolute atomic E-state index is 0.534. The van der Waals surface area contributed by atoms with Gasteiger partial charge in [-0.25, -0.2) is 0 Å². The summed E-state index contributed by atoms with van der Waals surface area (Å²) in [6, 6.07) is 0.534. The first kappa shape index (κ1) is 9.71. The van der Waals surface area contributed by atoms with E-state index in [1.807, 2.05) is 17.9 Å². The average Bonchev–Trinajstić information content (AvgIpc) is 2.61. The summed E-state index contributed by atoms with van der Waals surface area (Å²) in [6.07, 6.45) is 7.00. The van der Waals surface area contributed by atoms with Crippen LogP contribution >= 0.6 is 0 Å². The van der Waals surface area contributed by atoms with E-state index in [-0.39, 0.29) is 0 Å². The van der Waals surface area contributed by atoms with Gasteiger partial charge in [-0.2, -0.15) is 5.10 Å². The summed E-state index contributed by atoms with van der Waals surface area (Å²) in [5.41, 5.74) is 2.79. The molecule has 2 rings (SSSR count). The van der Waals surface area contributed by atoms with Gasteiger partial charge >= 0.3 is 0 Å². The number of aromatic nitrogens is 2. The van der Waals surface area contributed by atoms with E-state index >= 15 is 0 Å². The van der Waals surface area contributed by atoms with E-state index in [1.165, 1.54) is 30.5 Å². The monoisotopic (exact) mass is 193 g/mol. The Balaban J connectivity index is 2.23. The molecule has 1 aliphatic heterocycles. The molecular weight excluding hydrogens is 174 g/mol. The third-order valence-corrected chi connectivity index (χ3v) is 3.09. The van der Waals surface area contributed by atoms with Gasteiger partial charge in [0.25, 0.3) is 0 Å². The van der Waals surface area contributed by atoms with Crippen molar-refractivity contribution in [1.29, 1.82) is 0 Å². The van der Waals surface area contributed by atoms with Crippen LogP contribution in [0.1, 0.15) is 43.5 Å². The number of aryl methyl sites for hydroxylation is 2. The normalized spacial score (nSPS) is 22.6. The van der Waals surface area contributed by atoms with Crippen molar-refractivity contribution in [3.05, 3.63) is 17.5 Å². The summed E-state index contributed by atoms with van der Waals surface area (Å²) in [5, 5.41) is 7.92. The molecule has 0 spiro atoms. The highest BCUT2D eigenvalue weighted by atomic mass is 15.3. The maximum Gasteiger partial charge on any atom is 0.0582 e. The molecule has 0 amide bonds. The first-order valence-corrected chi connectivity index (χ1v) is 5.57. The summed E-state index contributed by atoms with van der Waals surface area (Å²) in [4.78, 5) is 0. The third-order valence-electron chi connectivity index (χ3n) is 3.09. The Morgan fingerprint density at radius 3 is 3.07 bits per heavy atom. The predicted octanol–water partition coefficient (Wildman–Crippen LogP) is 1.80. The Morgan fingerprint density at radius 1 is 1.57 bits per heavy atom. The number of piperidine rings is 1. The number of nitrogens with one attached hydrogen (secondary N) is 1. The molecule has 1 unspecified atom stereocenters. The van der Waals surface area contributed by atoms with E-state index in [0.29, 0.717) is 6.04 Å².